The summed E-state index contributed by atoms with van der Waals surface area (Å²) in [5.74, 6) is 0.730. The number of carbonyl (C=O) groups excluding carboxylic acids is 1. The average molecular weight is 235 g/mol. The van der Waals surface area contributed by atoms with Gasteiger partial charge >= 0.3 is 5.97 Å². The molecule has 2 heterocycles. The van der Waals surface area contributed by atoms with Gasteiger partial charge in [0.1, 0.15) is 11.5 Å². The summed E-state index contributed by atoms with van der Waals surface area (Å²) in [5.41, 5.74) is 0.877. The number of ether oxygens (including phenoxy) is 2. The lowest BCUT2D eigenvalue weighted by Crippen LogP contribution is -2.04. The van der Waals surface area contributed by atoms with Crippen LogP contribution in [0.2, 0.25) is 0 Å². The Morgan fingerprint density at radius 2 is 2.24 bits per heavy atom. The molecule has 0 atom stereocenters. The molecule has 0 unspecified atom stereocenters. The molecule has 2 aromatic rings. The molecule has 2 aromatic heterocycles. The number of carbonyl (C=O) groups is 1. The minimum atomic E-state index is -0.436. The number of esters is 1. The van der Waals surface area contributed by atoms with E-state index in [-0.39, 0.29) is 5.69 Å². The van der Waals surface area contributed by atoms with E-state index < -0.39 is 5.97 Å². The third kappa shape index (κ3) is 2.06. The standard InChI is InChI=1S/C11H13N3O3/c1-4-17-11(15)8-6-14-7(2)12-10(16-3)5-9(14)13-8/h5-6H,4H2,1-3H3. The second kappa shape index (κ2) is 4.40. The normalized spacial score (nSPS) is 10.5. The second-order valence-corrected chi connectivity index (χ2v) is 3.42. The Labute approximate surface area is 98.2 Å². The van der Waals surface area contributed by atoms with Crippen molar-refractivity contribution in [3.05, 3.63) is 23.8 Å². The lowest BCUT2D eigenvalue weighted by molar-refractivity contribution is 0.0520. The van der Waals surface area contributed by atoms with Crippen LogP contribution < -0.4 is 4.74 Å². The van der Waals surface area contributed by atoms with Gasteiger partial charge in [-0.2, -0.15) is 0 Å². The molecular weight excluding hydrogens is 222 g/mol. The van der Waals surface area contributed by atoms with E-state index in [9.17, 15) is 4.79 Å². The highest BCUT2D eigenvalue weighted by molar-refractivity contribution is 5.88. The number of imidazole rings is 1. The van der Waals surface area contributed by atoms with Crippen LogP contribution in [-0.4, -0.2) is 34.1 Å². The maximum atomic E-state index is 11.5. The molecule has 0 radical (unpaired) electrons. The number of aromatic nitrogens is 3. The van der Waals surface area contributed by atoms with Crippen LogP contribution in [0.15, 0.2) is 12.3 Å². The Kier molecular flexibility index (Phi) is 2.95. The number of fused-ring (bicyclic) bond motifs is 1. The highest BCUT2D eigenvalue weighted by atomic mass is 16.5. The molecule has 2 rings (SSSR count). The smallest absolute Gasteiger partial charge is 0.358 e. The minimum absolute atomic E-state index is 0.269. The van der Waals surface area contributed by atoms with E-state index in [1.165, 1.54) is 7.11 Å². The van der Waals surface area contributed by atoms with Crippen molar-refractivity contribution in [2.75, 3.05) is 13.7 Å². The van der Waals surface area contributed by atoms with E-state index in [4.69, 9.17) is 9.47 Å². The lowest BCUT2D eigenvalue weighted by Gasteiger charge is -2.01. The molecule has 0 N–H and O–H groups in total. The summed E-state index contributed by atoms with van der Waals surface area (Å²) >= 11 is 0. The molecule has 0 saturated heterocycles. The highest BCUT2D eigenvalue weighted by Gasteiger charge is 2.13. The van der Waals surface area contributed by atoms with Crippen LogP contribution in [0.5, 0.6) is 5.88 Å². The van der Waals surface area contributed by atoms with E-state index >= 15 is 0 Å². The summed E-state index contributed by atoms with van der Waals surface area (Å²) < 4.78 is 11.6. The summed E-state index contributed by atoms with van der Waals surface area (Å²) in [5, 5.41) is 0. The molecular formula is C11H13N3O3. The van der Waals surface area contributed by atoms with Crippen LogP contribution in [0.25, 0.3) is 5.65 Å². The molecule has 17 heavy (non-hydrogen) atoms. The van der Waals surface area contributed by atoms with Crippen LogP contribution in [0.3, 0.4) is 0 Å². The van der Waals surface area contributed by atoms with Crippen molar-refractivity contribution < 1.29 is 14.3 Å². The zero-order chi connectivity index (χ0) is 12.4. The summed E-state index contributed by atoms with van der Waals surface area (Å²) in [7, 11) is 1.54. The molecule has 0 amide bonds. The molecule has 90 valence electrons. The molecule has 0 bridgehead atoms. The zero-order valence-corrected chi connectivity index (χ0v) is 9.93. The van der Waals surface area contributed by atoms with Crippen molar-refractivity contribution >= 4 is 11.6 Å². The maximum Gasteiger partial charge on any atom is 0.358 e. The topological polar surface area (TPSA) is 65.7 Å². The van der Waals surface area contributed by atoms with Gasteiger partial charge in [0.2, 0.25) is 5.88 Å². The van der Waals surface area contributed by atoms with Gasteiger partial charge in [0.05, 0.1) is 13.7 Å². The molecule has 0 saturated carbocycles. The summed E-state index contributed by atoms with van der Waals surface area (Å²) in [6, 6.07) is 1.66. The fourth-order valence-corrected chi connectivity index (χ4v) is 1.52. The van der Waals surface area contributed by atoms with Crippen LogP contribution >= 0.6 is 0 Å². The van der Waals surface area contributed by atoms with E-state index in [0.717, 1.165) is 0 Å². The van der Waals surface area contributed by atoms with Crippen molar-refractivity contribution in [2.45, 2.75) is 13.8 Å². The molecule has 0 aromatic carbocycles. The third-order valence-corrected chi connectivity index (χ3v) is 2.30. The van der Waals surface area contributed by atoms with E-state index in [2.05, 4.69) is 9.97 Å². The summed E-state index contributed by atoms with van der Waals surface area (Å²) in [6.45, 7) is 3.89. The Morgan fingerprint density at radius 1 is 1.47 bits per heavy atom. The average Bonchev–Trinajstić information content (AvgIpc) is 2.73. The van der Waals surface area contributed by atoms with Gasteiger partial charge in [0.25, 0.3) is 0 Å². The van der Waals surface area contributed by atoms with Gasteiger partial charge in [-0.25, -0.2) is 14.8 Å². The van der Waals surface area contributed by atoms with Crippen molar-refractivity contribution in [2.24, 2.45) is 0 Å². The first kappa shape index (κ1) is 11.4. The van der Waals surface area contributed by atoms with Crippen LogP contribution in [0.4, 0.5) is 0 Å². The van der Waals surface area contributed by atoms with Gasteiger partial charge in [-0.15, -0.1) is 0 Å². The van der Waals surface area contributed by atoms with Crippen molar-refractivity contribution in [1.29, 1.82) is 0 Å². The fourth-order valence-electron chi connectivity index (χ4n) is 1.52. The molecule has 0 aliphatic heterocycles. The Balaban J connectivity index is 2.49. The SMILES string of the molecule is CCOC(=O)c1cn2c(C)nc(OC)cc2n1. The number of methoxy groups -OCH3 is 1. The summed E-state index contributed by atoms with van der Waals surface area (Å²) in [4.78, 5) is 19.9. The lowest BCUT2D eigenvalue weighted by atomic mass is 10.5. The van der Waals surface area contributed by atoms with Crippen LogP contribution in [0, 0.1) is 6.92 Å². The first-order valence-electron chi connectivity index (χ1n) is 5.23. The van der Waals surface area contributed by atoms with Crippen molar-refractivity contribution in [3.63, 3.8) is 0 Å². The fraction of sp³-hybridized carbons (Fsp3) is 0.364. The molecule has 0 spiro atoms. The highest BCUT2D eigenvalue weighted by Crippen LogP contribution is 2.14. The molecule has 0 fully saturated rings. The van der Waals surface area contributed by atoms with Gasteiger partial charge < -0.3 is 9.47 Å². The third-order valence-electron chi connectivity index (χ3n) is 2.30. The number of hydrogen-bond acceptors (Lipinski definition) is 5. The van der Waals surface area contributed by atoms with E-state index in [1.807, 2.05) is 6.92 Å². The molecule has 0 aliphatic rings. The Bertz CT molecular complexity index is 562. The van der Waals surface area contributed by atoms with Crippen molar-refractivity contribution in [3.8, 4) is 5.88 Å². The first-order chi connectivity index (χ1) is 8.15. The maximum absolute atomic E-state index is 11.5. The largest absolute Gasteiger partial charge is 0.481 e. The van der Waals surface area contributed by atoms with Gasteiger partial charge in [0.15, 0.2) is 5.69 Å². The zero-order valence-electron chi connectivity index (χ0n) is 9.93. The predicted molar refractivity (Wildman–Crippen MR) is 60.2 cm³/mol. The van der Waals surface area contributed by atoms with Gasteiger partial charge in [-0.05, 0) is 13.8 Å². The number of hydrogen-bond donors (Lipinski definition) is 0. The van der Waals surface area contributed by atoms with Crippen molar-refractivity contribution in [1.82, 2.24) is 14.4 Å². The molecule has 6 heteroatoms. The second-order valence-electron chi connectivity index (χ2n) is 3.42. The number of aryl methyl sites for hydroxylation is 1. The van der Waals surface area contributed by atoms with Gasteiger partial charge in [-0.1, -0.05) is 0 Å². The minimum Gasteiger partial charge on any atom is -0.481 e. The monoisotopic (exact) mass is 235 g/mol. The van der Waals surface area contributed by atoms with Crippen LogP contribution in [-0.2, 0) is 4.74 Å². The van der Waals surface area contributed by atoms with Gasteiger partial charge in [0, 0.05) is 12.3 Å². The van der Waals surface area contributed by atoms with Gasteiger partial charge in [-0.3, -0.25) is 4.40 Å². The quantitative estimate of drug-likeness (QED) is 0.748. The summed E-state index contributed by atoms with van der Waals surface area (Å²) in [6.07, 6.45) is 1.61. The molecule has 6 nitrogen and oxygen atoms in total. The molecule has 0 aliphatic carbocycles. The van der Waals surface area contributed by atoms with E-state index in [0.29, 0.717) is 24.0 Å². The number of rotatable bonds is 3. The Hall–Kier alpha value is -2.11. The Morgan fingerprint density at radius 3 is 2.88 bits per heavy atom. The first-order valence-corrected chi connectivity index (χ1v) is 5.23. The van der Waals surface area contributed by atoms with E-state index in [1.54, 1.807) is 23.6 Å². The number of nitrogens with zero attached hydrogens (tertiary/aromatic N) is 3. The predicted octanol–water partition coefficient (Wildman–Crippen LogP) is 1.22. The van der Waals surface area contributed by atoms with Crippen LogP contribution in [0.1, 0.15) is 23.2 Å².